The summed E-state index contributed by atoms with van der Waals surface area (Å²) in [4.78, 5) is 4.29. The van der Waals surface area contributed by atoms with Crippen molar-refractivity contribution in [1.82, 2.24) is 15.2 Å². The van der Waals surface area contributed by atoms with Crippen LogP contribution in [0.5, 0.6) is 23.0 Å². The van der Waals surface area contributed by atoms with Gasteiger partial charge in [0.15, 0.2) is 23.1 Å². The lowest BCUT2D eigenvalue weighted by molar-refractivity contribution is -0.115. The lowest BCUT2D eigenvalue weighted by Gasteiger charge is -2.13. The molecule has 0 bridgehead atoms. The van der Waals surface area contributed by atoms with E-state index in [1.54, 1.807) is 24.3 Å². The molecule has 0 saturated heterocycles. The number of methoxy groups -OCH3 is 2. The molecular formula is C23H18F4N4O3. The molecule has 4 aromatic rings. The number of aromatic nitrogens is 3. The molecule has 0 aliphatic heterocycles. The minimum atomic E-state index is -4.38. The Morgan fingerprint density at radius 3 is 2.26 bits per heavy atom. The monoisotopic (exact) mass is 474 g/mol. The summed E-state index contributed by atoms with van der Waals surface area (Å²) in [6, 6.07) is 11.9. The van der Waals surface area contributed by atoms with Crippen molar-refractivity contribution in [3.63, 3.8) is 0 Å². The van der Waals surface area contributed by atoms with Crippen molar-refractivity contribution in [2.45, 2.75) is 6.18 Å². The van der Waals surface area contributed by atoms with E-state index >= 15 is 0 Å². The summed E-state index contributed by atoms with van der Waals surface area (Å²) < 4.78 is 68.2. The molecule has 4 rings (SSSR count). The van der Waals surface area contributed by atoms with Crippen LogP contribution >= 0.6 is 0 Å². The average Bonchev–Trinajstić information content (AvgIpc) is 2.83. The fourth-order valence-corrected chi connectivity index (χ4v) is 3.17. The molecule has 0 aliphatic carbocycles. The van der Waals surface area contributed by atoms with Crippen molar-refractivity contribution in [2.24, 2.45) is 0 Å². The molecule has 0 fully saturated rings. The van der Waals surface area contributed by atoms with E-state index in [1.165, 1.54) is 44.7 Å². The van der Waals surface area contributed by atoms with Crippen LogP contribution in [0.1, 0.15) is 0 Å². The molecule has 0 radical (unpaired) electrons. The van der Waals surface area contributed by atoms with E-state index in [4.69, 9.17) is 14.2 Å². The summed E-state index contributed by atoms with van der Waals surface area (Å²) in [7, 11) is 3.01. The van der Waals surface area contributed by atoms with Crippen LogP contribution in [-0.4, -0.2) is 42.1 Å². The predicted octanol–water partition coefficient (Wildman–Crippen LogP) is 5.61. The van der Waals surface area contributed by atoms with Crippen LogP contribution in [0.15, 0.2) is 54.7 Å². The minimum Gasteiger partial charge on any atom is -0.493 e. The number of alkyl halides is 3. The van der Waals surface area contributed by atoms with Crippen LogP contribution in [0, 0.1) is 5.82 Å². The quantitative estimate of drug-likeness (QED) is 0.349. The number of nitrogens with zero attached hydrogens (tertiary/aromatic N) is 3. The molecule has 176 valence electrons. The Labute approximate surface area is 191 Å². The van der Waals surface area contributed by atoms with E-state index in [1.807, 2.05) is 0 Å². The third kappa shape index (κ3) is 5.08. The van der Waals surface area contributed by atoms with Gasteiger partial charge in [0.05, 0.1) is 25.4 Å². The zero-order valence-corrected chi connectivity index (χ0v) is 18.0. The van der Waals surface area contributed by atoms with Crippen molar-refractivity contribution < 1.29 is 31.8 Å². The minimum absolute atomic E-state index is 0.0394. The van der Waals surface area contributed by atoms with Gasteiger partial charge in [-0.3, -0.25) is 4.98 Å². The summed E-state index contributed by atoms with van der Waals surface area (Å²) in [6.45, 7) is -1.23. The standard InChI is InChI=1S/C23H18F4N4O3/c1-32-20-10-14-17(11-21(20)33-2)28-8-7-18(14)34-19-5-3-13(9-15(19)24)16-4-6-22(31-30-16)29-12-23(25,26)27/h3-11H,12H2,1-2H3,(H,29,31). The van der Waals surface area contributed by atoms with E-state index in [-0.39, 0.29) is 17.3 Å². The first kappa shape index (κ1) is 23.0. The molecule has 0 saturated carbocycles. The molecule has 34 heavy (non-hydrogen) atoms. The summed E-state index contributed by atoms with van der Waals surface area (Å²) in [5.41, 5.74) is 1.24. The average molecular weight is 474 g/mol. The number of nitrogens with one attached hydrogen (secondary N) is 1. The van der Waals surface area contributed by atoms with E-state index in [2.05, 4.69) is 20.5 Å². The summed E-state index contributed by atoms with van der Waals surface area (Å²) in [6.07, 6.45) is -2.85. The van der Waals surface area contributed by atoms with Crippen LogP contribution in [0.25, 0.3) is 22.2 Å². The van der Waals surface area contributed by atoms with Gasteiger partial charge in [0.2, 0.25) is 0 Å². The number of fused-ring (bicyclic) bond motifs is 1. The van der Waals surface area contributed by atoms with Gasteiger partial charge in [0, 0.05) is 23.2 Å². The molecular weight excluding hydrogens is 456 g/mol. The van der Waals surface area contributed by atoms with E-state index in [0.29, 0.717) is 33.7 Å². The van der Waals surface area contributed by atoms with Crippen molar-refractivity contribution in [3.05, 3.63) is 60.5 Å². The normalized spacial score (nSPS) is 11.4. The summed E-state index contributed by atoms with van der Waals surface area (Å²) in [5, 5.41) is 10.3. The highest BCUT2D eigenvalue weighted by molar-refractivity contribution is 5.88. The smallest absolute Gasteiger partial charge is 0.405 e. The van der Waals surface area contributed by atoms with Crippen LogP contribution in [0.3, 0.4) is 0 Å². The van der Waals surface area contributed by atoms with Crippen LogP contribution < -0.4 is 19.5 Å². The second-order valence-electron chi connectivity index (χ2n) is 7.05. The summed E-state index contributed by atoms with van der Waals surface area (Å²) in [5.74, 6) is 0.577. The van der Waals surface area contributed by atoms with Gasteiger partial charge in [0.1, 0.15) is 18.1 Å². The molecule has 0 atom stereocenters. The number of benzene rings is 2. The Morgan fingerprint density at radius 2 is 1.62 bits per heavy atom. The Kier molecular flexibility index (Phi) is 6.35. The molecule has 2 aromatic heterocycles. The molecule has 11 heteroatoms. The molecule has 1 N–H and O–H groups in total. The topological polar surface area (TPSA) is 78.4 Å². The van der Waals surface area contributed by atoms with Gasteiger partial charge < -0.3 is 19.5 Å². The van der Waals surface area contributed by atoms with Gasteiger partial charge in [-0.1, -0.05) is 0 Å². The Balaban J connectivity index is 1.57. The van der Waals surface area contributed by atoms with Gasteiger partial charge >= 0.3 is 6.18 Å². The van der Waals surface area contributed by atoms with Gasteiger partial charge in [-0.05, 0) is 42.5 Å². The maximum absolute atomic E-state index is 14.8. The van der Waals surface area contributed by atoms with Gasteiger partial charge in [-0.15, -0.1) is 10.2 Å². The van der Waals surface area contributed by atoms with Crippen molar-refractivity contribution in [3.8, 4) is 34.3 Å². The van der Waals surface area contributed by atoms with Gasteiger partial charge in [0.25, 0.3) is 0 Å². The zero-order chi connectivity index (χ0) is 24.3. The zero-order valence-electron chi connectivity index (χ0n) is 18.0. The van der Waals surface area contributed by atoms with Crippen molar-refractivity contribution >= 4 is 16.7 Å². The Morgan fingerprint density at radius 1 is 0.853 bits per heavy atom. The molecule has 2 heterocycles. The van der Waals surface area contributed by atoms with Crippen molar-refractivity contribution in [1.29, 1.82) is 0 Å². The maximum Gasteiger partial charge on any atom is 0.405 e. The van der Waals surface area contributed by atoms with E-state index < -0.39 is 18.5 Å². The fraction of sp³-hybridized carbons (Fsp3) is 0.174. The number of halogens is 4. The van der Waals surface area contributed by atoms with Gasteiger partial charge in [-0.2, -0.15) is 13.2 Å². The largest absolute Gasteiger partial charge is 0.493 e. The first-order valence-corrected chi connectivity index (χ1v) is 9.90. The predicted molar refractivity (Wildman–Crippen MR) is 117 cm³/mol. The Hall–Kier alpha value is -4.15. The number of ether oxygens (including phenoxy) is 3. The lowest BCUT2D eigenvalue weighted by atomic mass is 10.1. The third-order valence-corrected chi connectivity index (χ3v) is 4.79. The summed E-state index contributed by atoms with van der Waals surface area (Å²) >= 11 is 0. The maximum atomic E-state index is 14.8. The van der Waals surface area contributed by atoms with Crippen LogP contribution in [0.2, 0.25) is 0 Å². The Bertz CT molecular complexity index is 1310. The lowest BCUT2D eigenvalue weighted by Crippen LogP contribution is -2.21. The first-order chi connectivity index (χ1) is 16.3. The highest BCUT2D eigenvalue weighted by atomic mass is 19.4. The molecule has 0 spiro atoms. The number of anilines is 1. The molecule has 0 aliphatic rings. The number of rotatable bonds is 7. The second kappa shape index (κ2) is 9.38. The van der Waals surface area contributed by atoms with E-state index in [9.17, 15) is 17.6 Å². The number of pyridine rings is 1. The molecule has 2 aromatic carbocycles. The van der Waals surface area contributed by atoms with Crippen LogP contribution in [0.4, 0.5) is 23.4 Å². The number of hydrogen-bond acceptors (Lipinski definition) is 7. The first-order valence-electron chi connectivity index (χ1n) is 9.90. The second-order valence-corrected chi connectivity index (χ2v) is 7.05. The molecule has 0 unspecified atom stereocenters. The van der Waals surface area contributed by atoms with Crippen LogP contribution in [-0.2, 0) is 0 Å². The molecule has 0 amide bonds. The fourth-order valence-electron chi connectivity index (χ4n) is 3.17. The van der Waals surface area contributed by atoms with Crippen molar-refractivity contribution in [2.75, 3.05) is 26.1 Å². The number of hydrogen-bond donors (Lipinski definition) is 1. The SMILES string of the molecule is COc1cc2nccc(Oc3ccc(-c4ccc(NCC(F)(F)F)nn4)cc3F)c2cc1OC. The van der Waals surface area contributed by atoms with Gasteiger partial charge in [-0.25, -0.2) is 4.39 Å². The molecule has 7 nitrogen and oxygen atoms in total. The highest BCUT2D eigenvalue weighted by Gasteiger charge is 2.26. The highest BCUT2D eigenvalue weighted by Crippen LogP contribution is 2.37. The third-order valence-electron chi connectivity index (χ3n) is 4.79. The van der Waals surface area contributed by atoms with E-state index in [0.717, 1.165) is 0 Å².